The molecule has 0 saturated carbocycles. The summed E-state index contributed by atoms with van der Waals surface area (Å²) in [6.45, 7) is 5.08. The summed E-state index contributed by atoms with van der Waals surface area (Å²) in [5, 5.41) is 10.5. The van der Waals surface area contributed by atoms with Crippen molar-refractivity contribution >= 4 is 23.9 Å². The molecule has 0 atom stereocenters. The summed E-state index contributed by atoms with van der Waals surface area (Å²) in [4.78, 5) is 48.2. The van der Waals surface area contributed by atoms with Gasteiger partial charge in [-0.05, 0) is 27.7 Å². The maximum atomic E-state index is 12.1. The number of hydrogen-bond acceptors (Lipinski definition) is 9. The first-order chi connectivity index (χ1) is 10.8. The lowest BCUT2D eigenvalue weighted by Gasteiger charge is -2.28. The van der Waals surface area contributed by atoms with Gasteiger partial charge in [-0.15, -0.1) is 0 Å². The van der Waals surface area contributed by atoms with E-state index in [4.69, 9.17) is 0 Å². The summed E-state index contributed by atoms with van der Waals surface area (Å²) in [5.74, 6) is -7.83. The fourth-order valence-electron chi connectivity index (χ4n) is 1.69. The van der Waals surface area contributed by atoms with Gasteiger partial charge in [0.2, 0.25) is 5.92 Å². The third kappa shape index (κ3) is 4.92. The summed E-state index contributed by atoms with van der Waals surface area (Å²) in [7, 11) is 0. The minimum absolute atomic E-state index is 0.142. The molecule has 0 aliphatic heterocycles. The van der Waals surface area contributed by atoms with Crippen LogP contribution in [-0.2, 0) is 38.1 Å². The minimum atomic E-state index is -3.19. The summed E-state index contributed by atoms with van der Waals surface area (Å²) >= 11 is 0. The molecular formula is C14H22O9. The Balaban J connectivity index is 5.97. The standard InChI is InChI=1S/C14H22O9/c1-5-20-10(15)9(11(16)21-6-2)14(19,12(17)22-7-3)13(18)23-8-4/h9,19H,5-8H2,1-4H3. The van der Waals surface area contributed by atoms with Crippen molar-refractivity contribution in [3.05, 3.63) is 0 Å². The van der Waals surface area contributed by atoms with E-state index in [2.05, 4.69) is 18.9 Å². The number of aliphatic hydroxyl groups is 1. The molecule has 1 N–H and O–H groups in total. The van der Waals surface area contributed by atoms with Gasteiger partial charge in [0.05, 0.1) is 26.4 Å². The van der Waals surface area contributed by atoms with Crippen LogP contribution in [0.3, 0.4) is 0 Å². The lowest BCUT2D eigenvalue weighted by molar-refractivity contribution is -0.201. The molecule has 0 radical (unpaired) electrons. The Morgan fingerprint density at radius 3 is 1.30 bits per heavy atom. The summed E-state index contributed by atoms with van der Waals surface area (Å²) in [6.07, 6.45) is 0. The van der Waals surface area contributed by atoms with Crippen LogP contribution in [0.1, 0.15) is 27.7 Å². The van der Waals surface area contributed by atoms with Gasteiger partial charge in [-0.1, -0.05) is 0 Å². The molecule has 0 heterocycles. The maximum absolute atomic E-state index is 12.1. The Morgan fingerprint density at radius 2 is 1.04 bits per heavy atom. The van der Waals surface area contributed by atoms with Crippen molar-refractivity contribution < 1.29 is 43.2 Å². The lowest BCUT2D eigenvalue weighted by atomic mass is 9.87. The minimum Gasteiger partial charge on any atom is -0.465 e. The predicted octanol–water partition coefficient (Wildman–Crippen LogP) is -0.414. The molecule has 0 aromatic rings. The molecule has 0 fully saturated rings. The van der Waals surface area contributed by atoms with Gasteiger partial charge in [0, 0.05) is 0 Å². The van der Waals surface area contributed by atoms with Crippen molar-refractivity contribution in [3.63, 3.8) is 0 Å². The second-order valence-electron chi connectivity index (χ2n) is 4.14. The van der Waals surface area contributed by atoms with Gasteiger partial charge in [0.25, 0.3) is 5.60 Å². The topological polar surface area (TPSA) is 125 Å². The summed E-state index contributed by atoms with van der Waals surface area (Å²) in [5.41, 5.74) is -3.19. The zero-order valence-corrected chi connectivity index (χ0v) is 13.6. The van der Waals surface area contributed by atoms with Gasteiger partial charge in [0.15, 0.2) is 0 Å². The highest BCUT2D eigenvalue weighted by Gasteiger charge is 2.61. The number of hydrogen-bond donors (Lipinski definition) is 1. The third-order valence-electron chi connectivity index (χ3n) is 2.64. The van der Waals surface area contributed by atoms with E-state index in [-0.39, 0.29) is 26.4 Å². The lowest BCUT2D eigenvalue weighted by Crippen LogP contribution is -2.60. The van der Waals surface area contributed by atoms with E-state index in [1.807, 2.05) is 0 Å². The highest BCUT2D eigenvalue weighted by molar-refractivity contribution is 6.13. The van der Waals surface area contributed by atoms with E-state index in [1.165, 1.54) is 27.7 Å². The van der Waals surface area contributed by atoms with Gasteiger partial charge in [-0.25, -0.2) is 9.59 Å². The molecule has 132 valence electrons. The van der Waals surface area contributed by atoms with Crippen LogP contribution in [0.5, 0.6) is 0 Å². The molecule has 0 unspecified atom stereocenters. The van der Waals surface area contributed by atoms with Crippen molar-refractivity contribution in [2.45, 2.75) is 33.3 Å². The van der Waals surface area contributed by atoms with Crippen LogP contribution in [0.2, 0.25) is 0 Å². The molecule has 0 amide bonds. The van der Waals surface area contributed by atoms with Crippen LogP contribution < -0.4 is 0 Å². The fraction of sp³-hybridized carbons (Fsp3) is 0.714. The molecule has 0 rings (SSSR count). The second kappa shape index (κ2) is 9.78. The largest absolute Gasteiger partial charge is 0.465 e. The van der Waals surface area contributed by atoms with Crippen molar-refractivity contribution in [1.82, 2.24) is 0 Å². The highest BCUT2D eigenvalue weighted by atomic mass is 16.6. The average Bonchev–Trinajstić information content (AvgIpc) is 2.48. The van der Waals surface area contributed by atoms with E-state index < -0.39 is 35.4 Å². The Morgan fingerprint density at radius 1 is 0.739 bits per heavy atom. The Labute approximate surface area is 133 Å². The van der Waals surface area contributed by atoms with E-state index in [1.54, 1.807) is 0 Å². The van der Waals surface area contributed by atoms with E-state index in [0.29, 0.717) is 0 Å². The van der Waals surface area contributed by atoms with Crippen LogP contribution in [0, 0.1) is 5.92 Å². The molecular weight excluding hydrogens is 312 g/mol. The van der Waals surface area contributed by atoms with Crippen molar-refractivity contribution in [1.29, 1.82) is 0 Å². The van der Waals surface area contributed by atoms with Crippen LogP contribution in [-0.4, -0.2) is 61.0 Å². The molecule has 0 spiro atoms. The quantitative estimate of drug-likeness (QED) is 0.340. The fourth-order valence-corrected chi connectivity index (χ4v) is 1.69. The molecule has 9 nitrogen and oxygen atoms in total. The van der Waals surface area contributed by atoms with Crippen molar-refractivity contribution in [2.75, 3.05) is 26.4 Å². The zero-order chi connectivity index (χ0) is 18.0. The van der Waals surface area contributed by atoms with E-state index >= 15 is 0 Å². The molecule has 0 bridgehead atoms. The summed E-state index contributed by atoms with van der Waals surface area (Å²) < 4.78 is 18.5. The van der Waals surface area contributed by atoms with Crippen LogP contribution >= 0.6 is 0 Å². The summed E-state index contributed by atoms with van der Waals surface area (Å²) in [6, 6.07) is 0. The van der Waals surface area contributed by atoms with Crippen LogP contribution in [0.4, 0.5) is 0 Å². The van der Waals surface area contributed by atoms with Gasteiger partial charge in [0.1, 0.15) is 0 Å². The molecule has 0 saturated heterocycles. The van der Waals surface area contributed by atoms with Crippen molar-refractivity contribution in [2.24, 2.45) is 5.92 Å². The monoisotopic (exact) mass is 334 g/mol. The third-order valence-corrected chi connectivity index (χ3v) is 2.64. The average molecular weight is 334 g/mol. The second-order valence-corrected chi connectivity index (χ2v) is 4.14. The Hall–Kier alpha value is -2.16. The molecule has 9 heteroatoms. The first-order valence-corrected chi connectivity index (χ1v) is 7.21. The highest BCUT2D eigenvalue weighted by Crippen LogP contribution is 2.25. The van der Waals surface area contributed by atoms with E-state index in [9.17, 15) is 24.3 Å². The van der Waals surface area contributed by atoms with Crippen LogP contribution in [0.15, 0.2) is 0 Å². The zero-order valence-electron chi connectivity index (χ0n) is 13.6. The van der Waals surface area contributed by atoms with Gasteiger partial charge in [-0.3, -0.25) is 9.59 Å². The first kappa shape index (κ1) is 20.8. The number of ether oxygens (including phenoxy) is 4. The smallest absolute Gasteiger partial charge is 0.351 e. The molecule has 0 aliphatic carbocycles. The maximum Gasteiger partial charge on any atom is 0.351 e. The predicted molar refractivity (Wildman–Crippen MR) is 75.0 cm³/mol. The number of carbonyl (C=O) groups is 4. The Bertz CT molecular complexity index is 408. The van der Waals surface area contributed by atoms with Crippen LogP contribution in [0.25, 0.3) is 0 Å². The van der Waals surface area contributed by atoms with Gasteiger partial charge in [-0.2, -0.15) is 0 Å². The molecule has 0 aliphatic rings. The molecule has 0 aromatic carbocycles. The molecule has 0 aromatic heterocycles. The normalized spacial score (nSPS) is 10.9. The SMILES string of the molecule is CCOC(=O)C(C(=O)OCC)C(O)(C(=O)OCC)C(=O)OCC. The first-order valence-electron chi connectivity index (χ1n) is 7.21. The Kier molecular flexibility index (Phi) is 8.86. The molecule has 23 heavy (non-hydrogen) atoms. The number of rotatable bonds is 9. The van der Waals surface area contributed by atoms with Gasteiger partial charge >= 0.3 is 23.9 Å². The van der Waals surface area contributed by atoms with Gasteiger partial charge < -0.3 is 24.1 Å². The van der Waals surface area contributed by atoms with E-state index in [0.717, 1.165) is 0 Å². The van der Waals surface area contributed by atoms with Crippen molar-refractivity contribution in [3.8, 4) is 0 Å². The number of esters is 4. The number of carbonyl (C=O) groups excluding carboxylic acids is 4.